The van der Waals surface area contributed by atoms with E-state index >= 15 is 0 Å². The fourth-order valence-corrected chi connectivity index (χ4v) is 3.45. The third kappa shape index (κ3) is 4.74. The van der Waals surface area contributed by atoms with Gasteiger partial charge in [0.05, 0.1) is 0 Å². The summed E-state index contributed by atoms with van der Waals surface area (Å²) in [6, 6.07) is 8.27. The van der Waals surface area contributed by atoms with Gasteiger partial charge in [-0.15, -0.1) is 0 Å². The molecule has 21 heavy (non-hydrogen) atoms. The third-order valence-electron chi connectivity index (χ3n) is 5.53. The van der Waals surface area contributed by atoms with Crippen molar-refractivity contribution in [2.75, 3.05) is 6.54 Å². The molecule has 118 valence electrons. The molecule has 0 radical (unpaired) electrons. The van der Waals surface area contributed by atoms with Crippen molar-refractivity contribution in [1.29, 1.82) is 0 Å². The van der Waals surface area contributed by atoms with Crippen molar-refractivity contribution < 1.29 is 5.11 Å². The highest BCUT2D eigenvalue weighted by Crippen LogP contribution is 2.40. The van der Waals surface area contributed by atoms with Crippen molar-refractivity contribution in [3.05, 3.63) is 29.8 Å². The van der Waals surface area contributed by atoms with Gasteiger partial charge < -0.3 is 10.4 Å². The van der Waals surface area contributed by atoms with Gasteiger partial charge in [0, 0.05) is 6.04 Å². The predicted octanol–water partition coefficient (Wildman–Crippen LogP) is 4.52. The molecule has 2 rings (SSSR count). The van der Waals surface area contributed by atoms with Gasteiger partial charge in [0.1, 0.15) is 5.75 Å². The van der Waals surface area contributed by atoms with Crippen molar-refractivity contribution in [1.82, 2.24) is 5.32 Å². The molecule has 1 saturated carbocycles. The van der Waals surface area contributed by atoms with Crippen LogP contribution in [0.25, 0.3) is 0 Å². The maximum atomic E-state index is 9.28. The number of hydrogen-bond acceptors (Lipinski definition) is 2. The van der Waals surface area contributed by atoms with Crippen molar-refractivity contribution in [2.45, 2.75) is 65.3 Å². The van der Waals surface area contributed by atoms with Crippen LogP contribution in [0.2, 0.25) is 0 Å². The molecule has 0 amide bonds. The molecule has 1 aliphatic rings. The normalized spacial score (nSPS) is 23.2. The number of rotatable bonds is 6. The average Bonchev–Trinajstić information content (AvgIpc) is 2.50. The lowest BCUT2D eigenvalue weighted by Crippen LogP contribution is -2.37. The molecule has 2 N–H and O–H groups in total. The Balaban J connectivity index is 1.68. The molecule has 0 atom stereocenters. The molecule has 0 saturated heterocycles. The first-order valence-electron chi connectivity index (χ1n) is 8.52. The molecule has 0 spiro atoms. The van der Waals surface area contributed by atoms with Crippen LogP contribution in [0.4, 0.5) is 0 Å². The Labute approximate surface area is 130 Å². The molecule has 0 heterocycles. The summed E-state index contributed by atoms with van der Waals surface area (Å²) in [5.74, 6) is 1.25. The first-order valence-corrected chi connectivity index (χ1v) is 8.52. The van der Waals surface area contributed by atoms with Crippen LogP contribution in [0, 0.1) is 11.3 Å². The zero-order chi connectivity index (χ0) is 15.3. The zero-order valence-corrected chi connectivity index (χ0v) is 13.9. The molecule has 1 aliphatic carbocycles. The number of aromatic hydroxyl groups is 1. The largest absolute Gasteiger partial charge is 0.508 e. The topological polar surface area (TPSA) is 32.3 Å². The van der Waals surface area contributed by atoms with E-state index in [9.17, 15) is 5.11 Å². The summed E-state index contributed by atoms with van der Waals surface area (Å²) in [5.41, 5.74) is 1.80. The summed E-state index contributed by atoms with van der Waals surface area (Å²) in [7, 11) is 0. The van der Waals surface area contributed by atoms with Crippen molar-refractivity contribution in [3.8, 4) is 5.75 Å². The highest BCUT2D eigenvalue weighted by Gasteiger charge is 2.31. The minimum atomic E-state index is 0.351. The number of hydrogen-bond donors (Lipinski definition) is 2. The number of nitrogens with one attached hydrogen (secondary N) is 1. The van der Waals surface area contributed by atoms with Crippen molar-refractivity contribution in [2.24, 2.45) is 11.3 Å². The Morgan fingerprint density at radius 3 is 2.29 bits per heavy atom. The molecule has 1 aromatic rings. The van der Waals surface area contributed by atoms with Gasteiger partial charge in [-0.2, -0.15) is 0 Å². The van der Waals surface area contributed by atoms with E-state index in [0.717, 1.165) is 18.9 Å². The van der Waals surface area contributed by atoms with E-state index in [1.807, 2.05) is 12.1 Å². The maximum absolute atomic E-state index is 9.28. The SMILES string of the molecule is CCC(C)(C)C1CCC(NCCc2ccc(O)cc2)CC1. The first kappa shape index (κ1) is 16.4. The Bertz CT molecular complexity index is 416. The minimum Gasteiger partial charge on any atom is -0.508 e. The Morgan fingerprint density at radius 1 is 1.10 bits per heavy atom. The number of benzene rings is 1. The summed E-state index contributed by atoms with van der Waals surface area (Å²) < 4.78 is 0. The third-order valence-corrected chi connectivity index (χ3v) is 5.53. The summed E-state index contributed by atoms with van der Waals surface area (Å²) in [4.78, 5) is 0. The molecule has 0 aliphatic heterocycles. The lowest BCUT2D eigenvalue weighted by atomic mass is 9.69. The van der Waals surface area contributed by atoms with Crippen molar-refractivity contribution >= 4 is 0 Å². The molecular formula is C19H31NO. The van der Waals surface area contributed by atoms with Gasteiger partial charge in [0.25, 0.3) is 0 Å². The number of phenols is 1. The van der Waals surface area contributed by atoms with Crippen LogP contribution in [-0.4, -0.2) is 17.7 Å². The Morgan fingerprint density at radius 2 is 1.71 bits per heavy atom. The highest BCUT2D eigenvalue weighted by atomic mass is 16.3. The Kier molecular flexibility index (Phi) is 5.69. The fourth-order valence-electron chi connectivity index (χ4n) is 3.45. The monoisotopic (exact) mass is 289 g/mol. The van der Waals surface area contributed by atoms with Gasteiger partial charge in [-0.1, -0.05) is 39.3 Å². The van der Waals surface area contributed by atoms with Gasteiger partial charge in [0.2, 0.25) is 0 Å². The number of phenolic OH excluding ortho intramolecular Hbond substituents is 1. The molecule has 2 nitrogen and oxygen atoms in total. The standard InChI is InChI=1S/C19H31NO/c1-4-19(2,3)16-7-9-17(10-8-16)20-14-13-15-5-11-18(21)12-6-15/h5-6,11-12,16-17,20-21H,4,7-10,13-14H2,1-3H3. The van der Waals surface area contributed by atoms with E-state index < -0.39 is 0 Å². The summed E-state index contributed by atoms with van der Waals surface area (Å²) >= 11 is 0. The molecule has 0 bridgehead atoms. The van der Waals surface area contributed by atoms with Crippen LogP contribution >= 0.6 is 0 Å². The van der Waals surface area contributed by atoms with Crippen LogP contribution in [-0.2, 0) is 6.42 Å². The zero-order valence-electron chi connectivity index (χ0n) is 13.9. The van der Waals surface area contributed by atoms with Crippen molar-refractivity contribution in [3.63, 3.8) is 0 Å². The van der Waals surface area contributed by atoms with E-state index in [1.165, 1.54) is 37.7 Å². The molecule has 0 aromatic heterocycles. The molecule has 1 aromatic carbocycles. The second kappa shape index (κ2) is 7.31. The molecular weight excluding hydrogens is 258 g/mol. The second-order valence-corrected chi connectivity index (χ2v) is 7.26. The van der Waals surface area contributed by atoms with Gasteiger partial charge in [-0.25, -0.2) is 0 Å². The highest BCUT2D eigenvalue weighted by molar-refractivity contribution is 5.25. The minimum absolute atomic E-state index is 0.351. The first-order chi connectivity index (χ1) is 10.0. The summed E-state index contributed by atoms with van der Waals surface area (Å²) in [6.07, 6.45) is 7.72. The second-order valence-electron chi connectivity index (χ2n) is 7.26. The van der Waals surface area contributed by atoms with Gasteiger partial charge in [-0.05, 0) is 67.7 Å². The summed E-state index contributed by atoms with van der Waals surface area (Å²) in [5, 5.41) is 13.0. The van der Waals surface area contributed by atoms with Crippen LogP contribution in [0.3, 0.4) is 0 Å². The van der Waals surface area contributed by atoms with E-state index in [4.69, 9.17) is 0 Å². The van der Waals surface area contributed by atoms with E-state index in [-0.39, 0.29) is 0 Å². The van der Waals surface area contributed by atoms with Crippen LogP contribution < -0.4 is 5.32 Å². The fraction of sp³-hybridized carbons (Fsp3) is 0.684. The maximum Gasteiger partial charge on any atom is 0.115 e. The van der Waals surface area contributed by atoms with E-state index in [0.29, 0.717) is 17.2 Å². The quantitative estimate of drug-likeness (QED) is 0.807. The van der Waals surface area contributed by atoms with Gasteiger partial charge >= 0.3 is 0 Å². The molecule has 0 unspecified atom stereocenters. The Hall–Kier alpha value is -1.02. The van der Waals surface area contributed by atoms with Gasteiger partial charge in [-0.3, -0.25) is 0 Å². The lowest BCUT2D eigenvalue weighted by molar-refractivity contribution is 0.137. The average molecular weight is 289 g/mol. The predicted molar refractivity (Wildman–Crippen MR) is 89.6 cm³/mol. The van der Waals surface area contributed by atoms with Crippen LogP contribution in [0.15, 0.2) is 24.3 Å². The van der Waals surface area contributed by atoms with Gasteiger partial charge in [0.15, 0.2) is 0 Å². The lowest BCUT2D eigenvalue weighted by Gasteiger charge is -2.39. The van der Waals surface area contributed by atoms with Crippen LogP contribution in [0.1, 0.15) is 58.4 Å². The molecule has 1 fully saturated rings. The van der Waals surface area contributed by atoms with E-state index in [1.54, 1.807) is 12.1 Å². The molecule has 2 heteroatoms. The smallest absolute Gasteiger partial charge is 0.115 e. The summed E-state index contributed by atoms with van der Waals surface area (Å²) in [6.45, 7) is 8.21. The van der Waals surface area contributed by atoms with Crippen LogP contribution in [0.5, 0.6) is 5.75 Å². The van der Waals surface area contributed by atoms with E-state index in [2.05, 4.69) is 26.1 Å².